The Hall–Kier alpha value is -0.0100. The molecule has 0 rings (SSSR count). The summed E-state index contributed by atoms with van der Waals surface area (Å²) in [6.07, 6.45) is 0.500. The second kappa shape index (κ2) is 9.07. The summed E-state index contributed by atoms with van der Waals surface area (Å²) in [6, 6.07) is 0. The first kappa shape index (κ1) is 16.0. The van der Waals surface area contributed by atoms with E-state index >= 15 is 0 Å². The highest BCUT2D eigenvalue weighted by Gasteiger charge is 2.14. The highest BCUT2D eigenvalue weighted by Crippen LogP contribution is 2.35. The fourth-order valence-electron chi connectivity index (χ4n) is 1.13. The number of hydrogen-bond donors (Lipinski definition) is 2. The smallest absolute Gasteiger partial charge is 0.383 e. The van der Waals surface area contributed by atoms with Gasteiger partial charge in [0.05, 0.1) is 19.8 Å². The van der Waals surface area contributed by atoms with Crippen LogP contribution in [0.1, 0.15) is 6.42 Å². The van der Waals surface area contributed by atoms with E-state index in [2.05, 4.69) is 4.52 Å². The zero-order chi connectivity index (χ0) is 12.4. The molecule has 0 saturated heterocycles. The summed E-state index contributed by atoms with van der Waals surface area (Å²) in [5.74, 6) is 0. The molecule has 0 bridgehead atoms. The summed E-state index contributed by atoms with van der Waals surface area (Å²) in [5.41, 5.74) is 0. The number of ether oxygens (including phenoxy) is 1. The first-order chi connectivity index (χ1) is 7.49. The van der Waals surface area contributed by atoms with E-state index in [1.807, 2.05) is 4.90 Å². The minimum Gasteiger partial charge on any atom is -0.383 e. The summed E-state index contributed by atoms with van der Waals surface area (Å²) in [7, 11) is -2.83. The minimum absolute atomic E-state index is 0.0626. The van der Waals surface area contributed by atoms with Crippen LogP contribution in [0.25, 0.3) is 0 Å². The third-order valence-electron chi connectivity index (χ3n) is 1.90. The monoisotopic (exact) mass is 256 g/mol. The summed E-state index contributed by atoms with van der Waals surface area (Å²) in [5, 5.41) is 10.3. The second-order valence-electron chi connectivity index (χ2n) is 3.22. The third kappa shape index (κ3) is 10.5. The molecule has 0 aromatic rings. The first-order valence-electron chi connectivity index (χ1n) is 4.99. The lowest BCUT2D eigenvalue weighted by Gasteiger charge is -2.21. The molecule has 1 radical (unpaired) electrons. The molecular weight excluding hydrogens is 237 g/mol. The number of phosphoric acid groups is 1. The van der Waals surface area contributed by atoms with Crippen molar-refractivity contribution in [2.75, 3.05) is 46.6 Å². The zero-order valence-electron chi connectivity index (χ0n) is 9.37. The molecule has 0 aliphatic heterocycles. The van der Waals surface area contributed by atoms with Gasteiger partial charge in [-0.25, -0.2) is 9.67 Å². The fraction of sp³-hybridized carbons (Fsp3) is 1.00. The van der Waals surface area contributed by atoms with Gasteiger partial charge in [-0.3, -0.25) is 9.42 Å². The van der Waals surface area contributed by atoms with E-state index in [0.717, 1.165) is 0 Å². The Kier molecular flexibility index (Phi) is 9.06. The molecule has 0 saturated carbocycles. The van der Waals surface area contributed by atoms with Crippen LogP contribution in [0, 0.1) is 0 Å². The van der Waals surface area contributed by atoms with E-state index in [1.165, 1.54) is 0 Å². The summed E-state index contributed by atoms with van der Waals surface area (Å²) >= 11 is 0. The Morgan fingerprint density at radius 2 is 1.81 bits per heavy atom. The fourth-order valence-corrected chi connectivity index (χ4v) is 1.45. The molecule has 0 aromatic heterocycles. The molecule has 2 N–H and O–H groups in total. The standard InChI is InChI=1S/C8H19NO6P/c1-14-7-4-9(3-2-6-10)5-8-15-16(11,12)13/h2-8H2,1H3,(H2,11,12,13). The van der Waals surface area contributed by atoms with Crippen LogP contribution in [0.4, 0.5) is 0 Å². The van der Waals surface area contributed by atoms with Gasteiger partial charge in [-0.1, -0.05) is 0 Å². The predicted octanol–water partition coefficient (Wildman–Crippen LogP) is -0.135. The molecule has 8 heteroatoms. The molecular formula is C8H19NO6P. The maximum Gasteiger partial charge on any atom is 0.469 e. The van der Waals surface area contributed by atoms with Gasteiger partial charge < -0.3 is 14.5 Å². The van der Waals surface area contributed by atoms with Crippen LogP contribution in [-0.2, 0) is 18.9 Å². The van der Waals surface area contributed by atoms with E-state index in [9.17, 15) is 9.67 Å². The SMILES string of the molecule is COCCN(CCC[O])CCOP(=O)(O)O. The molecule has 97 valence electrons. The molecule has 0 amide bonds. The lowest BCUT2D eigenvalue weighted by Crippen LogP contribution is -2.32. The van der Waals surface area contributed by atoms with Crippen LogP contribution in [0.3, 0.4) is 0 Å². The molecule has 0 heterocycles. The van der Waals surface area contributed by atoms with Gasteiger partial charge in [-0.05, 0) is 6.42 Å². The van der Waals surface area contributed by atoms with Gasteiger partial charge in [0.1, 0.15) is 0 Å². The van der Waals surface area contributed by atoms with Crippen molar-refractivity contribution in [3.63, 3.8) is 0 Å². The van der Waals surface area contributed by atoms with Crippen molar-refractivity contribution in [3.8, 4) is 0 Å². The lowest BCUT2D eigenvalue weighted by atomic mass is 10.4. The Morgan fingerprint density at radius 3 is 2.31 bits per heavy atom. The Morgan fingerprint density at radius 1 is 1.19 bits per heavy atom. The van der Waals surface area contributed by atoms with Gasteiger partial charge in [-0.15, -0.1) is 0 Å². The summed E-state index contributed by atoms with van der Waals surface area (Å²) in [4.78, 5) is 18.8. The molecule has 0 unspecified atom stereocenters. The van der Waals surface area contributed by atoms with Gasteiger partial charge >= 0.3 is 7.82 Å². The van der Waals surface area contributed by atoms with Gasteiger partial charge in [0.25, 0.3) is 0 Å². The molecule has 0 spiro atoms. The molecule has 7 nitrogen and oxygen atoms in total. The topological polar surface area (TPSA) is 99.1 Å². The van der Waals surface area contributed by atoms with Crippen molar-refractivity contribution in [2.45, 2.75) is 6.42 Å². The Balaban J connectivity index is 3.76. The molecule has 16 heavy (non-hydrogen) atoms. The van der Waals surface area contributed by atoms with Crippen molar-refractivity contribution in [1.82, 2.24) is 4.90 Å². The number of phosphoric ester groups is 1. The molecule has 0 fully saturated rings. The zero-order valence-corrected chi connectivity index (χ0v) is 10.3. The molecule has 0 aliphatic rings. The number of nitrogens with zero attached hydrogens (tertiary/aromatic N) is 1. The van der Waals surface area contributed by atoms with E-state index in [0.29, 0.717) is 32.7 Å². The number of rotatable bonds is 10. The number of hydrogen-bond acceptors (Lipinski definition) is 4. The van der Waals surface area contributed by atoms with Crippen LogP contribution < -0.4 is 0 Å². The molecule has 0 aliphatic carbocycles. The average Bonchev–Trinajstić information content (AvgIpc) is 2.19. The minimum atomic E-state index is -4.39. The average molecular weight is 256 g/mol. The van der Waals surface area contributed by atoms with Crippen LogP contribution in [0.2, 0.25) is 0 Å². The van der Waals surface area contributed by atoms with E-state index in [1.54, 1.807) is 7.11 Å². The normalized spacial score (nSPS) is 12.3. The van der Waals surface area contributed by atoms with Crippen LogP contribution in [-0.4, -0.2) is 61.3 Å². The largest absolute Gasteiger partial charge is 0.469 e. The van der Waals surface area contributed by atoms with Gasteiger partial charge in [-0.2, -0.15) is 0 Å². The highest BCUT2D eigenvalue weighted by molar-refractivity contribution is 7.46. The van der Waals surface area contributed by atoms with Crippen LogP contribution in [0.15, 0.2) is 0 Å². The highest BCUT2D eigenvalue weighted by atomic mass is 31.2. The molecule has 0 atom stereocenters. The van der Waals surface area contributed by atoms with E-state index in [4.69, 9.17) is 14.5 Å². The lowest BCUT2D eigenvalue weighted by molar-refractivity contribution is 0.111. The van der Waals surface area contributed by atoms with Crippen molar-refractivity contribution in [1.29, 1.82) is 0 Å². The maximum atomic E-state index is 10.4. The van der Waals surface area contributed by atoms with Crippen LogP contribution in [0.5, 0.6) is 0 Å². The number of methoxy groups -OCH3 is 1. The first-order valence-corrected chi connectivity index (χ1v) is 6.52. The van der Waals surface area contributed by atoms with Gasteiger partial charge in [0.15, 0.2) is 0 Å². The Bertz CT molecular complexity index is 201. The summed E-state index contributed by atoms with van der Waals surface area (Å²) in [6.45, 7) is 1.84. The third-order valence-corrected chi connectivity index (χ3v) is 2.42. The van der Waals surface area contributed by atoms with E-state index in [-0.39, 0.29) is 13.2 Å². The van der Waals surface area contributed by atoms with E-state index < -0.39 is 7.82 Å². The summed E-state index contributed by atoms with van der Waals surface area (Å²) < 4.78 is 19.6. The van der Waals surface area contributed by atoms with Gasteiger partial charge in [0.2, 0.25) is 0 Å². The van der Waals surface area contributed by atoms with Crippen molar-refractivity contribution in [2.24, 2.45) is 0 Å². The quantitative estimate of drug-likeness (QED) is 0.528. The Labute approximate surface area is 95.2 Å². The van der Waals surface area contributed by atoms with Gasteiger partial charge in [0, 0.05) is 26.7 Å². The maximum absolute atomic E-state index is 10.4. The molecule has 0 aromatic carbocycles. The van der Waals surface area contributed by atoms with Crippen molar-refractivity contribution in [3.05, 3.63) is 0 Å². The van der Waals surface area contributed by atoms with Crippen LogP contribution >= 0.6 is 7.82 Å². The van der Waals surface area contributed by atoms with Crippen molar-refractivity contribution >= 4 is 7.82 Å². The predicted molar refractivity (Wildman–Crippen MR) is 56.5 cm³/mol. The second-order valence-corrected chi connectivity index (χ2v) is 4.46. The van der Waals surface area contributed by atoms with Crippen molar-refractivity contribution < 1.29 is 28.7 Å².